The third-order valence-corrected chi connectivity index (χ3v) is 3.24. The summed E-state index contributed by atoms with van der Waals surface area (Å²) in [6, 6.07) is 5.01. The van der Waals surface area contributed by atoms with E-state index in [-0.39, 0.29) is 11.9 Å². The summed E-state index contributed by atoms with van der Waals surface area (Å²) in [6.45, 7) is 4.12. The van der Waals surface area contributed by atoms with Gasteiger partial charge in [-0.1, -0.05) is 26.3 Å². The first-order valence-corrected chi connectivity index (χ1v) is 6.36. The molecule has 0 heterocycles. The molecule has 0 radical (unpaired) electrons. The Balaban J connectivity index is 3.00. The van der Waals surface area contributed by atoms with Gasteiger partial charge in [0.15, 0.2) is 0 Å². The van der Waals surface area contributed by atoms with Gasteiger partial charge in [0, 0.05) is 16.5 Å². The molecule has 1 aromatic rings. The number of rotatable bonds is 5. The van der Waals surface area contributed by atoms with E-state index in [9.17, 15) is 4.39 Å². The highest BCUT2D eigenvalue weighted by Crippen LogP contribution is 2.30. The topological polar surface area (TPSA) is 26.0 Å². The number of hydrogen-bond acceptors (Lipinski definition) is 2. The van der Waals surface area contributed by atoms with Crippen LogP contribution in [0.5, 0.6) is 0 Å². The molecule has 0 aliphatic rings. The van der Waals surface area contributed by atoms with Crippen molar-refractivity contribution in [1.29, 1.82) is 0 Å². The Morgan fingerprint density at radius 2 is 2.13 bits per heavy atom. The van der Waals surface area contributed by atoms with Crippen molar-refractivity contribution in [2.45, 2.75) is 37.6 Å². The maximum absolute atomic E-state index is 13.7. The van der Waals surface area contributed by atoms with Crippen LogP contribution in [0.15, 0.2) is 23.1 Å². The minimum absolute atomic E-state index is 0.172. The summed E-state index contributed by atoms with van der Waals surface area (Å²) in [5.41, 5.74) is 6.67. The molecule has 0 saturated carbocycles. The molecule has 2 N–H and O–H groups in total. The van der Waals surface area contributed by atoms with E-state index < -0.39 is 0 Å². The molecule has 15 heavy (non-hydrogen) atoms. The van der Waals surface area contributed by atoms with Crippen molar-refractivity contribution < 1.29 is 4.39 Å². The highest BCUT2D eigenvalue weighted by atomic mass is 32.2. The lowest BCUT2D eigenvalue weighted by atomic mass is 10.0. The summed E-state index contributed by atoms with van der Waals surface area (Å²) in [7, 11) is 0. The van der Waals surface area contributed by atoms with Crippen molar-refractivity contribution in [3.63, 3.8) is 0 Å². The lowest BCUT2D eigenvalue weighted by molar-refractivity contribution is 0.550. The third kappa shape index (κ3) is 3.21. The van der Waals surface area contributed by atoms with Crippen LogP contribution < -0.4 is 5.73 Å². The predicted octanol–water partition coefficient (Wildman–Crippen LogP) is 3.74. The van der Waals surface area contributed by atoms with Gasteiger partial charge in [-0.3, -0.25) is 0 Å². The van der Waals surface area contributed by atoms with Crippen molar-refractivity contribution in [3.05, 3.63) is 29.6 Å². The third-order valence-electron chi connectivity index (χ3n) is 2.28. The molecule has 3 heteroatoms. The first-order valence-electron chi connectivity index (χ1n) is 5.37. The lowest BCUT2D eigenvalue weighted by Crippen LogP contribution is -2.13. The van der Waals surface area contributed by atoms with E-state index in [1.807, 2.05) is 6.07 Å². The largest absolute Gasteiger partial charge is 0.324 e. The fourth-order valence-electron chi connectivity index (χ4n) is 1.61. The number of halogens is 1. The molecule has 0 bridgehead atoms. The van der Waals surface area contributed by atoms with Crippen LogP contribution in [0.4, 0.5) is 4.39 Å². The molecule has 0 fully saturated rings. The van der Waals surface area contributed by atoms with Gasteiger partial charge >= 0.3 is 0 Å². The van der Waals surface area contributed by atoms with E-state index >= 15 is 0 Å². The number of nitrogens with two attached hydrogens (primary N) is 1. The Bertz CT molecular complexity index is 314. The monoisotopic (exact) mass is 227 g/mol. The Labute approximate surface area is 95.2 Å². The summed E-state index contributed by atoms with van der Waals surface area (Å²) in [5, 5.41) is 0. The van der Waals surface area contributed by atoms with E-state index in [0.29, 0.717) is 5.56 Å². The Hall–Kier alpha value is -0.540. The minimum atomic E-state index is -0.176. The van der Waals surface area contributed by atoms with Crippen LogP contribution in [-0.4, -0.2) is 5.75 Å². The molecule has 0 aliphatic heterocycles. The van der Waals surface area contributed by atoms with Gasteiger partial charge in [-0.25, -0.2) is 4.39 Å². The average Bonchev–Trinajstić information content (AvgIpc) is 2.18. The van der Waals surface area contributed by atoms with Crippen LogP contribution in [0, 0.1) is 5.82 Å². The first kappa shape index (κ1) is 12.5. The Kier molecular flexibility index (Phi) is 5.12. The van der Waals surface area contributed by atoms with Gasteiger partial charge < -0.3 is 5.73 Å². The smallest absolute Gasteiger partial charge is 0.129 e. The zero-order valence-electron chi connectivity index (χ0n) is 9.29. The molecule has 0 amide bonds. The second-order valence-corrected chi connectivity index (χ2v) is 4.79. The molecule has 0 aliphatic carbocycles. The van der Waals surface area contributed by atoms with E-state index in [4.69, 9.17) is 5.73 Å². The normalized spacial score (nSPS) is 12.8. The zero-order chi connectivity index (χ0) is 11.3. The standard InChI is InChI=1S/C12H18FNS/c1-3-6-10(14)12-9(13)7-5-8-11(12)15-4-2/h5,7-8,10H,3-4,6,14H2,1-2H3/t10-/m0/s1. The van der Waals surface area contributed by atoms with Crippen LogP contribution in [0.2, 0.25) is 0 Å². The molecule has 1 atom stereocenters. The number of benzene rings is 1. The Morgan fingerprint density at radius 3 is 2.73 bits per heavy atom. The number of hydrogen-bond donors (Lipinski definition) is 1. The molecule has 0 unspecified atom stereocenters. The van der Waals surface area contributed by atoms with Crippen molar-refractivity contribution in [1.82, 2.24) is 0 Å². The second kappa shape index (κ2) is 6.13. The first-order chi connectivity index (χ1) is 7.20. The molecule has 1 rings (SSSR count). The van der Waals surface area contributed by atoms with Crippen LogP contribution >= 0.6 is 11.8 Å². The number of thioether (sulfide) groups is 1. The van der Waals surface area contributed by atoms with Crippen molar-refractivity contribution >= 4 is 11.8 Å². The van der Waals surface area contributed by atoms with Gasteiger partial charge in [0.25, 0.3) is 0 Å². The highest BCUT2D eigenvalue weighted by molar-refractivity contribution is 7.99. The highest BCUT2D eigenvalue weighted by Gasteiger charge is 2.14. The second-order valence-electron chi connectivity index (χ2n) is 3.48. The summed E-state index contributed by atoms with van der Waals surface area (Å²) in [5.74, 6) is 0.768. The van der Waals surface area contributed by atoms with E-state index in [1.165, 1.54) is 6.07 Å². The van der Waals surface area contributed by atoms with Gasteiger partial charge in [0.05, 0.1) is 0 Å². The van der Waals surface area contributed by atoms with E-state index in [2.05, 4.69) is 13.8 Å². The zero-order valence-corrected chi connectivity index (χ0v) is 10.1. The van der Waals surface area contributed by atoms with Crippen molar-refractivity contribution in [2.75, 3.05) is 5.75 Å². The SMILES string of the molecule is CCC[C@H](N)c1c(F)cccc1SCC. The maximum Gasteiger partial charge on any atom is 0.129 e. The fraction of sp³-hybridized carbons (Fsp3) is 0.500. The summed E-state index contributed by atoms with van der Waals surface area (Å²) in [6.07, 6.45) is 1.81. The van der Waals surface area contributed by atoms with Crippen molar-refractivity contribution in [2.24, 2.45) is 5.73 Å². The molecule has 0 spiro atoms. The van der Waals surface area contributed by atoms with Gasteiger partial charge in [-0.2, -0.15) is 0 Å². The predicted molar refractivity (Wildman–Crippen MR) is 64.6 cm³/mol. The van der Waals surface area contributed by atoms with Crippen LogP contribution in [0.1, 0.15) is 38.3 Å². The van der Waals surface area contributed by atoms with Gasteiger partial charge in [-0.05, 0) is 24.3 Å². The lowest BCUT2D eigenvalue weighted by Gasteiger charge is -2.15. The van der Waals surface area contributed by atoms with Gasteiger partial charge in [0.2, 0.25) is 0 Å². The minimum Gasteiger partial charge on any atom is -0.324 e. The van der Waals surface area contributed by atoms with Crippen LogP contribution in [0.3, 0.4) is 0 Å². The van der Waals surface area contributed by atoms with Gasteiger partial charge in [-0.15, -0.1) is 11.8 Å². The van der Waals surface area contributed by atoms with E-state index in [0.717, 1.165) is 23.5 Å². The summed E-state index contributed by atoms with van der Waals surface area (Å²) < 4.78 is 13.7. The molecular weight excluding hydrogens is 209 g/mol. The molecule has 0 aromatic heterocycles. The molecule has 84 valence electrons. The molecular formula is C12H18FNS. The fourth-order valence-corrected chi connectivity index (χ4v) is 2.50. The van der Waals surface area contributed by atoms with Crippen LogP contribution in [0.25, 0.3) is 0 Å². The van der Waals surface area contributed by atoms with Gasteiger partial charge in [0.1, 0.15) is 5.82 Å². The maximum atomic E-state index is 13.7. The average molecular weight is 227 g/mol. The quantitative estimate of drug-likeness (QED) is 0.775. The molecule has 1 nitrogen and oxygen atoms in total. The Morgan fingerprint density at radius 1 is 1.40 bits per heavy atom. The molecule has 0 saturated heterocycles. The summed E-state index contributed by atoms with van der Waals surface area (Å²) in [4.78, 5) is 0.985. The molecule has 1 aromatic carbocycles. The van der Waals surface area contributed by atoms with Crippen molar-refractivity contribution in [3.8, 4) is 0 Å². The summed E-state index contributed by atoms with van der Waals surface area (Å²) >= 11 is 1.65. The van der Waals surface area contributed by atoms with E-state index in [1.54, 1.807) is 17.8 Å². The van der Waals surface area contributed by atoms with Crippen LogP contribution in [-0.2, 0) is 0 Å².